The van der Waals surface area contributed by atoms with E-state index in [-0.39, 0.29) is 5.97 Å². The summed E-state index contributed by atoms with van der Waals surface area (Å²) in [5.74, 6) is 0.404. The fourth-order valence-electron chi connectivity index (χ4n) is 2.96. The maximum Gasteiger partial charge on any atom is 0.338 e. The van der Waals surface area contributed by atoms with Gasteiger partial charge in [-0.1, -0.05) is 41.9 Å². The van der Waals surface area contributed by atoms with Crippen molar-refractivity contribution < 1.29 is 9.53 Å². The van der Waals surface area contributed by atoms with Crippen LogP contribution in [0.3, 0.4) is 0 Å². The molecule has 0 unspecified atom stereocenters. The summed E-state index contributed by atoms with van der Waals surface area (Å²) in [6, 6.07) is 17.1. The van der Waals surface area contributed by atoms with Gasteiger partial charge in [0, 0.05) is 16.0 Å². The van der Waals surface area contributed by atoms with Crippen LogP contribution in [-0.2, 0) is 4.74 Å². The van der Waals surface area contributed by atoms with Crippen LogP contribution < -0.4 is 0 Å². The van der Waals surface area contributed by atoms with E-state index in [1.54, 1.807) is 19.1 Å². The van der Waals surface area contributed by atoms with E-state index in [1.165, 1.54) is 0 Å². The monoisotopic (exact) mass is 350 g/mol. The molecule has 0 saturated heterocycles. The second kappa shape index (κ2) is 6.22. The summed E-state index contributed by atoms with van der Waals surface area (Å²) < 4.78 is 5.05. The average molecular weight is 351 g/mol. The minimum Gasteiger partial charge on any atom is -0.462 e. The molecule has 1 heterocycles. The molecule has 5 heteroatoms. The molecule has 1 N–H and O–H groups in total. The van der Waals surface area contributed by atoms with Gasteiger partial charge in [0.1, 0.15) is 5.82 Å². The van der Waals surface area contributed by atoms with Crippen LogP contribution in [-0.4, -0.2) is 22.5 Å². The van der Waals surface area contributed by atoms with E-state index in [9.17, 15) is 4.79 Å². The van der Waals surface area contributed by atoms with Gasteiger partial charge in [0.05, 0.1) is 23.2 Å². The zero-order chi connectivity index (χ0) is 17.4. The number of hydrogen-bond donors (Lipinski definition) is 1. The van der Waals surface area contributed by atoms with Gasteiger partial charge in [-0.15, -0.1) is 0 Å². The topological polar surface area (TPSA) is 55.0 Å². The highest BCUT2D eigenvalue weighted by Gasteiger charge is 2.12. The number of benzene rings is 3. The van der Waals surface area contributed by atoms with Crippen LogP contribution in [0.15, 0.2) is 54.6 Å². The second-order valence-corrected chi connectivity index (χ2v) is 6.09. The Hall–Kier alpha value is -2.85. The summed E-state index contributed by atoms with van der Waals surface area (Å²) in [5, 5.41) is 2.72. The molecule has 0 aliphatic carbocycles. The Labute approximate surface area is 149 Å². The molecule has 4 aromatic rings. The Morgan fingerprint density at radius 2 is 1.92 bits per heavy atom. The van der Waals surface area contributed by atoms with Crippen molar-refractivity contribution in [3.63, 3.8) is 0 Å². The van der Waals surface area contributed by atoms with Crippen molar-refractivity contribution in [1.29, 1.82) is 0 Å². The van der Waals surface area contributed by atoms with Crippen molar-refractivity contribution >= 4 is 39.4 Å². The number of ether oxygens (including phenoxy) is 1. The molecule has 4 rings (SSSR count). The third-order valence-electron chi connectivity index (χ3n) is 4.12. The number of H-pyrrole nitrogens is 1. The number of aromatic nitrogens is 2. The number of carbonyl (C=O) groups excluding carboxylic acids is 1. The number of nitrogens with one attached hydrogen (secondary N) is 1. The fourth-order valence-corrected chi connectivity index (χ4v) is 3.19. The highest BCUT2D eigenvalue weighted by molar-refractivity contribution is 6.35. The van der Waals surface area contributed by atoms with Crippen molar-refractivity contribution in [2.45, 2.75) is 6.92 Å². The van der Waals surface area contributed by atoms with Crippen molar-refractivity contribution in [1.82, 2.24) is 9.97 Å². The molecule has 0 amide bonds. The third-order valence-corrected chi connectivity index (χ3v) is 4.45. The van der Waals surface area contributed by atoms with Gasteiger partial charge >= 0.3 is 5.97 Å². The number of imidazole rings is 1. The molecule has 4 nitrogen and oxygen atoms in total. The molecule has 0 fully saturated rings. The number of rotatable bonds is 3. The Morgan fingerprint density at radius 1 is 1.12 bits per heavy atom. The fraction of sp³-hybridized carbons (Fsp3) is 0.100. The van der Waals surface area contributed by atoms with E-state index in [2.05, 4.69) is 9.97 Å². The molecule has 0 bridgehead atoms. The molecular formula is C20H15ClN2O2. The number of hydrogen-bond acceptors (Lipinski definition) is 3. The van der Waals surface area contributed by atoms with Gasteiger partial charge in [-0.3, -0.25) is 0 Å². The van der Waals surface area contributed by atoms with Crippen LogP contribution >= 0.6 is 11.6 Å². The standard InChI is InChI=1S/C20H15ClN2O2/c1-2-25-20(24)12-9-10-17-18(11-12)23-19(22-17)15-7-3-6-14-13(15)5-4-8-16(14)21/h3-11H,2H2,1H3,(H,22,23). The summed E-state index contributed by atoms with van der Waals surface area (Å²) >= 11 is 6.30. The van der Waals surface area contributed by atoms with Gasteiger partial charge in [-0.2, -0.15) is 0 Å². The predicted molar refractivity (Wildman–Crippen MR) is 100 cm³/mol. The van der Waals surface area contributed by atoms with E-state index in [0.29, 0.717) is 17.2 Å². The van der Waals surface area contributed by atoms with Gasteiger partial charge < -0.3 is 9.72 Å². The van der Waals surface area contributed by atoms with E-state index >= 15 is 0 Å². The largest absolute Gasteiger partial charge is 0.462 e. The maximum absolute atomic E-state index is 11.9. The SMILES string of the molecule is CCOC(=O)c1ccc2nc(-c3cccc4c(Cl)cccc34)[nH]c2c1. The van der Waals surface area contributed by atoms with Crippen molar-refractivity contribution in [2.24, 2.45) is 0 Å². The lowest BCUT2D eigenvalue weighted by atomic mass is 10.0. The first kappa shape index (κ1) is 15.7. The first-order valence-electron chi connectivity index (χ1n) is 8.02. The second-order valence-electron chi connectivity index (χ2n) is 5.68. The Morgan fingerprint density at radius 3 is 2.76 bits per heavy atom. The van der Waals surface area contributed by atoms with Crippen LogP contribution in [0.1, 0.15) is 17.3 Å². The van der Waals surface area contributed by atoms with Gasteiger partial charge in [0.25, 0.3) is 0 Å². The van der Waals surface area contributed by atoms with E-state index in [4.69, 9.17) is 16.3 Å². The smallest absolute Gasteiger partial charge is 0.338 e. The zero-order valence-electron chi connectivity index (χ0n) is 13.5. The zero-order valence-corrected chi connectivity index (χ0v) is 14.3. The lowest BCUT2D eigenvalue weighted by Gasteiger charge is -2.05. The van der Waals surface area contributed by atoms with Crippen molar-refractivity contribution in [2.75, 3.05) is 6.61 Å². The summed E-state index contributed by atoms with van der Waals surface area (Å²) in [6.07, 6.45) is 0. The number of halogens is 1. The number of aromatic amines is 1. The lowest BCUT2D eigenvalue weighted by Crippen LogP contribution is -2.04. The molecular weight excluding hydrogens is 336 g/mol. The van der Waals surface area contributed by atoms with Gasteiger partial charge in [0.15, 0.2) is 0 Å². The molecule has 0 aliphatic rings. The van der Waals surface area contributed by atoms with Crippen LogP contribution in [0, 0.1) is 0 Å². The summed E-state index contributed by atoms with van der Waals surface area (Å²) in [5.41, 5.74) is 3.06. The quantitative estimate of drug-likeness (QED) is 0.516. The van der Waals surface area contributed by atoms with Gasteiger partial charge in [-0.25, -0.2) is 9.78 Å². The minimum atomic E-state index is -0.336. The number of nitrogens with zero attached hydrogens (tertiary/aromatic N) is 1. The molecule has 0 spiro atoms. The van der Waals surface area contributed by atoms with E-state index < -0.39 is 0 Å². The van der Waals surface area contributed by atoms with Crippen LogP contribution in [0.5, 0.6) is 0 Å². The highest BCUT2D eigenvalue weighted by atomic mass is 35.5. The molecule has 3 aromatic carbocycles. The molecule has 0 saturated carbocycles. The maximum atomic E-state index is 11.9. The molecule has 0 aliphatic heterocycles. The third kappa shape index (κ3) is 2.75. The molecule has 0 atom stereocenters. The minimum absolute atomic E-state index is 0.336. The lowest BCUT2D eigenvalue weighted by molar-refractivity contribution is 0.0526. The first-order valence-corrected chi connectivity index (χ1v) is 8.39. The number of esters is 1. The molecule has 0 radical (unpaired) electrons. The molecule has 1 aromatic heterocycles. The summed E-state index contributed by atoms with van der Waals surface area (Å²) in [7, 11) is 0. The predicted octanol–water partition coefficient (Wildman–Crippen LogP) is 5.21. The Balaban J connectivity index is 1.85. The van der Waals surface area contributed by atoms with Crippen molar-refractivity contribution in [3.05, 3.63) is 65.2 Å². The number of fused-ring (bicyclic) bond motifs is 2. The molecule has 124 valence electrons. The van der Waals surface area contributed by atoms with Crippen LogP contribution in [0.2, 0.25) is 5.02 Å². The van der Waals surface area contributed by atoms with E-state index in [0.717, 1.165) is 33.2 Å². The van der Waals surface area contributed by atoms with Gasteiger partial charge in [0.2, 0.25) is 0 Å². The summed E-state index contributed by atoms with van der Waals surface area (Å²) in [6.45, 7) is 2.14. The average Bonchev–Trinajstić information content (AvgIpc) is 3.05. The van der Waals surface area contributed by atoms with Crippen LogP contribution in [0.4, 0.5) is 0 Å². The summed E-state index contributed by atoms with van der Waals surface area (Å²) in [4.78, 5) is 19.9. The Kier molecular flexibility index (Phi) is 3.90. The van der Waals surface area contributed by atoms with Crippen molar-refractivity contribution in [3.8, 4) is 11.4 Å². The Bertz CT molecular complexity index is 1100. The number of carbonyl (C=O) groups is 1. The van der Waals surface area contributed by atoms with E-state index in [1.807, 2.05) is 42.5 Å². The first-order chi connectivity index (χ1) is 12.2. The molecule has 25 heavy (non-hydrogen) atoms. The van der Waals surface area contributed by atoms with Gasteiger partial charge in [-0.05, 0) is 36.6 Å². The normalized spacial score (nSPS) is 11.1. The highest BCUT2D eigenvalue weighted by Crippen LogP contribution is 2.32. The van der Waals surface area contributed by atoms with Crippen LogP contribution in [0.25, 0.3) is 33.2 Å².